The van der Waals surface area contributed by atoms with E-state index in [1.165, 1.54) is 25.7 Å². The van der Waals surface area contributed by atoms with Gasteiger partial charge in [0, 0.05) is 29.1 Å². The molecule has 1 aromatic rings. The number of nitrogens with zero attached hydrogens (tertiary/aromatic N) is 1. The first-order valence-corrected chi connectivity index (χ1v) is 7.51. The van der Waals surface area contributed by atoms with E-state index in [0.29, 0.717) is 6.04 Å². The lowest BCUT2D eigenvalue weighted by Crippen LogP contribution is -2.26. The third-order valence-electron chi connectivity index (χ3n) is 3.46. The molecule has 0 bridgehead atoms. The Morgan fingerprint density at radius 3 is 2.33 bits per heavy atom. The highest BCUT2D eigenvalue weighted by molar-refractivity contribution is 7.99. The van der Waals surface area contributed by atoms with E-state index in [9.17, 15) is 10.1 Å². The summed E-state index contributed by atoms with van der Waals surface area (Å²) >= 11 is 1.96. The first-order chi connectivity index (χ1) is 8.69. The van der Waals surface area contributed by atoms with Gasteiger partial charge in [-0.05, 0) is 44.1 Å². The van der Waals surface area contributed by atoms with Crippen LogP contribution in [0.2, 0.25) is 0 Å². The monoisotopic (exact) mass is 266 g/mol. The Morgan fingerprint density at radius 1 is 1.22 bits per heavy atom. The SMILES string of the molecule is CSC1CCC(Nc2ccc([N+](=O)[O-])cc2)CC1. The van der Waals surface area contributed by atoms with Gasteiger partial charge in [-0.2, -0.15) is 11.8 Å². The minimum Gasteiger partial charge on any atom is -0.382 e. The van der Waals surface area contributed by atoms with Crippen molar-refractivity contribution >= 4 is 23.1 Å². The predicted octanol–water partition coefficient (Wildman–Crippen LogP) is 3.68. The van der Waals surface area contributed by atoms with E-state index in [0.717, 1.165) is 10.9 Å². The van der Waals surface area contributed by atoms with Crippen molar-refractivity contribution in [3.63, 3.8) is 0 Å². The molecule has 2 rings (SSSR count). The van der Waals surface area contributed by atoms with Gasteiger partial charge in [0.25, 0.3) is 5.69 Å². The summed E-state index contributed by atoms with van der Waals surface area (Å²) in [5.41, 5.74) is 1.12. The first-order valence-electron chi connectivity index (χ1n) is 6.23. The van der Waals surface area contributed by atoms with Crippen LogP contribution >= 0.6 is 11.8 Å². The molecule has 98 valence electrons. The number of benzene rings is 1. The van der Waals surface area contributed by atoms with Crippen molar-refractivity contribution < 1.29 is 4.92 Å². The van der Waals surface area contributed by atoms with Crippen LogP contribution in [0.25, 0.3) is 0 Å². The van der Waals surface area contributed by atoms with E-state index in [1.807, 2.05) is 11.8 Å². The van der Waals surface area contributed by atoms with E-state index < -0.39 is 0 Å². The van der Waals surface area contributed by atoms with Gasteiger partial charge in [-0.3, -0.25) is 10.1 Å². The highest BCUT2D eigenvalue weighted by Gasteiger charge is 2.20. The van der Waals surface area contributed by atoms with E-state index in [1.54, 1.807) is 24.3 Å². The van der Waals surface area contributed by atoms with Crippen molar-refractivity contribution in [2.75, 3.05) is 11.6 Å². The maximum absolute atomic E-state index is 10.6. The molecule has 1 aromatic carbocycles. The Morgan fingerprint density at radius 2 is 1.83 bits per heavy atom. The highest BCUT2D eigenvalue weighted by Crippen LogP contribution is 2.28. The maximum Gasteiger partial charge on any atom is 0.269 e. The normalized spacial score (nSPS) is 23.6. The molecule has 0 atom stereocenters. The zero-order valence-electron chi connectivity index (χ0n) is 10.5. The van der Waals surface area contributed by atoms with Crippen molar-refractivity contribution in [1.82, 2.24) is 0 Å². The second-order valence-electron chi connectivity index (χ2n) is 4.66. The molecule has 0 spiro atoms. The average Bonchev–Trinajstić information content (AvgIpc) is 2.40. The smallest absolute Gasteiger partial charge is 0.269 e. The van der Waals surface area contributed by atoms with Crippen molar-refractivity contribution in [3.05, 3.63) is 34.4 Å². The molecule has 18 heavy (non-hydrogen) atoms. The molecule has 4 nitrogen and oxygen atoms in total. The van der Waals surface area contributed by atoms with Gasteiger partial charge in [0.15, 0.2) is 0 Å². The molecule has 0 aromatic heterocycles. The fourth-order valence-corrected chi connectivity index (χ4v) is 3.10. The molecular weight excluding hydrogens is 248 g/mol. The molecule has 0 saturated heterocycles. The van der Waals surface area contributed by atoms with Crippen LogP contribution in [-0.4, -0.2) is 22.5 Å². The van der Waals surface area contributed by atoms with Gasteiger partial charge < -0.3 is 5.32 Å². The highest BCUT2D eigenvalue weighted by atomic mass is 32.2. The fraction of sp³-hybridized carbons (Fsp3) is 0.538. The second-order valence-corrected chi connectivity index (χ2v) is 5.80. The molecule has 1 N–H and O–H groups in total. The van der Waals surface area contributed by atoms with Crippen LogP contribution in [0.1, 0.15) is 25.7 Å². The fourth-order valence-electron chi connectivity index (χ4n) is 2.36. The van der Waals surface area contributed by atoms with Gasteiger partial charge in [-0.15, -0.1) is 0 Å². The zero-order valence-corrected chi connectivity index (χ0v) is 11.3. The Labute approximate surface area is 111 Å². The number of thioether (sulfide) groups is 1. The van der Waals surface area contributed by atoms with Crippen LogP contribution in [0.5, 0.6) is 0 Å². The molecule has 0 unspecified atom stereocenters. The number of hydrogen-bond donors (Lipinski definition) is 1. The number of non-ortho nitro benzene ring substituents is 1. The van der Waals surface area contributed by atoms with Gasteiger partial charge in [0.1, 0.15) is 0 Å². The lowest BCUT2D eigenvalue weighted by molar-refractivity contribution is -0.384. The molecule has 0 amide bonds. The number of nitro groups is 1. The van der Waals surface area contributed by atoms with E-state index in [-0.39, 0.29) is 10.6 Å². The van der Waals surface area contributed by atoms with Crippen LogP contribution in [0.4, 0.5) is 11.4 Å². The third-order valence-corrected chi connectivity index (χ3v) is 4.59. The summed E-state index contributed by atoms with van der Waals surface area (Å²) in [5.74, 6) is 0. The predicted molar refractivity (Wildman–Crippen MR) is 76.3 cm³/mol. The Kier molecular flexibility index (Phi) is 4.47. The molecular formula is C13H18N2O2S. The van der Waals surface area contributed by atoms with Gasteiger partial charge in [0.05, 0.1) is 4.92 Å². The van der Waals surface area contributed by atoms with Crippen molar-refractivity contribution in [2.24, 2.45) is 0 Å². The van der Waals surface area contributed by atoms with Gasteiger partial charge in [-0.25, -0.2) is 0 Å². The molecule has 5 heteroatoms. The number of hydrogen-bond acceptors (Lipinski definition) is 4. The maximum atomic E-state index is 10.6. The molecule has 1 saturated carbocycles. The van der Waals surface area contributed by atoms with Crippen LogP contribution in [0.3, 0.4) is 0 Å². The van der Waals surface area contributed by atoms with Gasteiger partial charge in [0.2, 0.25) is 0 Å². The molecule has 0 aliphatic heterocycles. The lowest BCUT2D eigenvalue weighted by atomic mass is 9.95. The lowest BCUT2D eigenvalue weighted by Gasteiger charge is -2.28. The Hall–Kier alpha value is -1.23. The molecule has 1 fully saturated rings. The largest absolute Gasteiger partial charge is 0.382 e. The first kappa shape index (κ1) is 13.2. The molecule has 0 radical (unpaired) electrons. The summed E-state index contributed by atoms with van der Waals surface area (Å²) < 4.78 is 0. The van der Waals surface area contributed by atoms with Crippen LogP contribution in [0, 0.1) is 10.1 Å². The summed E-state index contributed by atoms with van der Waals surface area (Å²) in [6, 6.07) is 7.19. The Bertz CT molecular complexity index is 400. The topological polar surface area (TPSA) is 55.2 Å². The average molecular weight is 266 g/mol. The number of rotatable bonds is 4. The summed E-state index contributed by atoms with van der Waals surface area (Å²) in [4.78, 5) is 10.2. The standard InChI is InChI=1S/C13H18N2O2S/c1-18-13-8-4-11(5-9-13)14-10-2-6-12(7-3-10)15(16)17/h2-3,6-7,11,13-14H,4-5,8-9H2,1H3. The third kappa shape index (κ3) is 3.38. The Balaban J connectivity index is 1.88. The van der Waals surface area contributed by atoms with E-state index in [4.69, 9.17) is 0 Å². The number of nitro benzene ring substituents is 1. The van der Waals surface area contributed by atoms with Crippen molar-refractivity contribution in [3.8, 4) is 0 Å². The van der Waals surface area contributed by atoms with Gasteiger partial charge in [-0.1, -0.05) is 0 Å². The van der Waals surface area contributed by atoms with Crippen molar-refractivity contribution in [1.29, 1.82) is 0 Å². The van der Waals surface area contributed by atoms with E-state index in [2.05, 4.69) is 11.6 Å². The minimum absolute atomic E-state index is 0.145. The summed E-state index contributed by atoms with van der Waals surface area (Å²) in [6.07, 6.45) is 7.05. The molecule has 1 aliphatic carbocycles. The number of nitrogens with one attached hydrogen (secondary N) is 1. The zero-order chi connectivity index (χ0) is 13.0. The van der Waals surface area contributed by atoms with Gasteiger partial charge >= 0.3 is 0 Å². The quantitative estimate of drug-likeness (QED) is 0.667. The minimum atomic E-state index is -0.368. The summed E-state index contributed by atoms with van der Waals surface area (Å²) in [5, 5.41) is 14.8. The molecule has 1 aliphatic rings. The second kappa shape index (κ2) is 6.09. The summed E-state index contributed by atoms with van der Waals surface area (Å²) in [6.45, 7) is 0. The molecule has 0 heterocycles. The van der Waals surface area contributed by atoms with Crippen LogP contribution in [-0.2, 0) is 0 Å². The van der Waals surface area contributed by atoms with Crippen LogP contribution < -0.4 is 5.32 Å². The van der Waals surface area contributed by atoms with Crippen LogP contribution in [0.15, 0.2) is 24.3 Å². The summed E-state index contributed by atoms with van der Waals surface area (Å²) in [7, 11) is 0. The van der Waals surface area contributed by atoms with Crippen molar-refractivity contribution in [2.45, 2.75) is 37.0 Å². The number of anilines is 1. The van der Waals surface area contributed by atoms with E-state index >= 15 is 0 Å².